The normalized spacial score (nSPS) is 15.3. The van der Waals surface area contributed by atoms with Gasteiger partial charge in [-0.15, -0.1) is 5.10 Å². The van der Waals surface area contributed by atoms with Crippen LogP contribution >= 0.6 is 11.6 Å². The SMILES string of the molecule is OC1(CNCc2ccc3nc(Cn4cc(-c5cc(Cl)cc6[nH]ncc56)nn4)cn3c2)CCC1. The Kier molecular flexibility index (Phi) is 4.90. The number of benzene rings is 1. The van der Waals surface area contributed by atoms with Crippen LogP contribution in [-0.4, -0.2) is 51.8 Å². The molecule has 0 atom stereocenters. The van der Waals surface area contributed by atoms with E-state index in [2.05, 4.69) is 38.1 Å². The lowest BCUT2D eigenvalue weighted by molar-refractivity contribution is -0.0314. The Morgan fingerprint density at radius 3 is 2.94 bits per heavy atom. The van der Waals surface area contributed by atoms with Crippen LogP contribution in [0, 0.1) is 0 Å². The largest absolute Gasteiger partial charge is 0.389 e. The average Bonchev–Trinajstić information content (AvgIpc) is 3.51. The van der Waals surface area contributed by atoms with Crippen LogP contribution in [0.2, 0.25) is 5.02 Å². The smallest absolute Gasteiger partial charge is 0.137 e. The second-order valence-corrected chi connectivity index (χ2v) is 9.24. The molecule has 0 bridgehead atoms. The Hall–Kier alpha value is -3.27. The maximum Gasteiger partial charge on any atom is 0.137 e. The topological polar surface area (TPSA) is 109 Å². The van der Waals surface area contributed by atoms with Gasteiger partial charge in [-0.3, -0.25) is 5.10 Å². The molecule has 4 aromatic heterocycles. The van der Waals surface area contributed by atoms with Crippen molar-refractivity contribution in [3.63, 3.8) is 0 Å². The van der Waals surface area contributed by atoms with Gasteiger partial charge < -0.3 is 14.8 Å². The van der Waals surface area contributed by atoms with E-state index in [1.807, 2.05) is 35.0 Å². The first-order chi connectivity index (χ1) is 16.0. The van der Waals surface area contributed by atoms with Gasteiger partial charge in [-0.25, -0.2) is 9.67 Å². The molecule has 10 heteroatoms. The van der Waals surface area contributed by atoms with E-state index in [0.29, 0.717) is 24.7 Å². The zero-order valence-electron chi connectivity index (χ0n) is 17.9. The number of hydrogen-bond acceptors (Lipinski definition) is 6. The summed E-state index contributed by atoms with van der Waals surface area (Å²) in [5, 5.41) is 30.8. The van der Waals surface area contributed by atoms with Crippen molar-refractivity contribution < 1.29 is 5.11 Å². The predicted molar refractivity (Wildman–Crippen MR) is 125 cm³/mol. The molecular weight excluding hydrogens is 440 g/mol. The molecule has 168 valence electrons. The van der Waals surface area contributed by atoms with Gasteiger partial charge in [-0.05, 0) is 43.0 Å². The number of aliphatic hydroxyl groups is 1. The summed E-state index contributed by atoms with van der Waals surface area (Å²) in [6.45, 7) is 1.84. The van der Waals surface area contributed by atoms with E-state index in [-0.39, 0.29) is 0 Å². The van der Waals surface area contributed by atoms with E-state index in [1.54, 1.807) is 10.9 Å². The van der Waals surface area contributed by atoms with Crippen molar-refractivity contribution in [2.24, 2.45) is 0 Å². The zero-order valence-corrected chi connectivity index (χ0v) is 18.6. The third-order valence-corrected chi connectivity index (χ3v) is 6.51. The zero-order chi connectivity index (χ0) is 22.4. The number of nitrogens with one attached hydrogen (secondary N) is 2. The fourth-order valence-electron chi connectivity index (χ4n) is 4.37. The van der Waals surface area contributed by atoms with Crippen molar-refractivity contribution in [2.75, 3.05) is 6.54 Å². The molecule has 6 rings (SSSR count). The summed E-state index contributed by atoms with van der Waals surface area (Å²) in [4.78, 5) is 4.71. The minimum Gasteiger partial charge on any atom is -0.389 e. The molecule has 1 aromatic carbocycles. The van der Waals surface area contributed by atoms with E-state index in [0.717, 1.165) is 58.3 Å². The summed E-state index contributed by atoms with van der Waals surface area (Å²) in [7, 11) is 0. The number of aromatic nitrogens is 7. The van der Waals surface area contributed by atoms with Crippen molar-refractivity contribution in [3.8, 4) is 11.3 Å². The maximum absolute atomic E-state index is 10.2. The lowest BCUT2D eigenvalue weighted by Crippen LogP contribution is -2.45. The highest BCUT2D eigenvalue weighted by Crippen LogP contribution is 2.31. The highest BCUT2D eigenvalue weighted by Gasteiger charge is 2.33. The van der Waals surface area contributed by atoms with Crippen LogP contribution in [0.3, 0.4) is 0 Å². The van der Waals surface area contributed by atoms with Gasteiger partial charge in [0.25, 0.3) is 0 Å². The highest BCUT2D eigenvalue weighted by atomic mass is 35.5. The summed E-state index contributed by atoms with van der Waals surface area (Å²) in [5.74, 6) is 0. The molecule has 0 saturated heterocycles. The molecule has 9 nitrogen and oxygen atoms in total. The number of H-pyrrole nitrogens is 1. The lowest BCUT2D eigenvalue weighted by Gasteiger charge is -2.36. The molecule has 0 aliphatic heterocycles. The first kappa shape index (κ1) is 20.3. The maximum atomic E-state index is 10.2. The molecule has 5 aromatic rings. The van der Waals surface area contributed by atoms with Gasteiger partial charge >= 0.3 is 0 Å². The van der Waals surface area contributed by atoms with Crippen LogP contribution in [-0.2, 0) is 13.1 Å². The second kappa shape index (κ2) is 7.95. The van der Waals surface area contributed by atoms with Crippen LogP contribution in [0.25, 0.3) is 27.8 Å². The number of aromatic amines is 1. The van der Waals surface area contributed by atoms with Gasteiger partial charge in [0.05, 0.1) is 35.8 Å². The van der Waals surface area contributed by atoms with E-state index < -0.39 is 5.60 Å². The quantitative estimate of drug-likeness (QED) is 0.343. The molecule has 1 saturated carbocycles. The number of pyridine rings is 1. The highest BCUT2D eigenvalue weighted by molar-refractivity contribution is 6.31. The molecule has 0 radical (unpaired) electrons. The number of hydrogen-bond donors (Lipinski definition) is 3. The molecule has 33 heavy (non-hydrogen) atoms. The van der Waals surface area contributed by atoms with E-state index in [4.69, 9.17) is 16.6 Å². The summed E-state index contributed by atoms with van der Waals surface area (Å²) >= 11 is 6.26. The molecule has 1 aliphatic carbocycles. The summed E-state index contributed by atoms with van der Waals surface area (Å²) < 4.78 is 3.79. The van der Waals surface area contributed by atoms with Crippen molar-refractivity contribution in [2.45, 2.75) is 38.0 Å². The van der Waals surface area contributed by atoms with Crippen molar-refractivity contribution in [3.05, 3.63) is 65.3 Å². The Morgan fingerprint density at radius 2 is 2.09 bits per heavy atom. The number of fused-ring (bicyclic) bond motifs is 2. The summed E-state index contributed by atoms with van der Waals surface area (Å²) in [6, 6.07) is 7.78. The number of imidazole rings is 1. The third kappa shape index (κ3) is 3.99. The molecule has 0 spiro atoms. The summed E-state index contributed by atoms with van der Waals surface area (Å²) in [5.41, 5.74) is 4.87. The Balaban J connectivity index is 1.18. The fourth-order valence-corrected chi connectivity index (χ4v) is 4.58. The van der Waals surface area contributed by atoms with Crippen molar-refractivity contribution in [1.29, 1.82) is 0 Å². The molecule has 1 fully saturated rings. The Labute approximate surface area is 194 Å². The van der Waals surface area contributed by atoms with Gasteiger partial charge in [0.15, 0.2) is 0 Å². The van der Waals surface area contributed by atoms with Gasteiger partial charge in [-0.2, -0.15) is 5.10 Å². The minimum atomic E-state index is -0.516. The second-order valence-electron chi connectivity index (χ2n) is 8.80. The molecule has 1 aliphatic rings. The number of halogens is 1. The molecule has 3 N–H and O–H groups in total. The fraction of sp³-hybridized carbons (Fsp3) is 0.304. The van der Waals surface area contributed by atoms with E-state index >= 15 is 0 Å². The standard InChI is InChI=1S/C23H23ClN8O/c24-16-6-18(19-9-26-28-20(19)7-16)21-13-32(30-29-21)12-17-11-31-10-15(2-3-22(31)27-17)8-25-14-23(33)4-1-5-23/h2-3,6-7,9-11,13,25,33H,1,4-5,8,12,14H2,(H,26,28). The minimum absolute atomic E-state index is 0.504. The Bertz CT molecular complexity index is 1450. The van der Waals surface area contributed by atoms with Crippen molar-refractivity contribution in [1.82, 2.24) is 39.9 Å². The van der Waals surface area contributed by atoms with Gasteiger partial charge in [0.2, 0.25) is 0 Å². The Morgan fingerprint density at radius 1 is 1.18 bits per heavy atom. The van der Waals surface area contributed by atoms with Crippen LogP contribution in [0.15, 0.2) is 49.1 Å². The molecular formula is C23H23ClN8O. The third-order valence-electron chi connectivity index (χ3n) is 6.29. The van der Waals surface area contributed by atoms with Crippen LogP contribution < -0.4 is 5.32 Å². The lowest BCUT2D eigenvalue weighted by atomic mass is 9.80. The summed E-state index contributed by atoms with van der Waals surface area (Å²) in [6.07, 6.45) is 10.6. The molecule has 0 unspecified atom stereocenters. The van der Waals surface area contributed by atoms with Gasteiger partial charge in [0, 0.05) is 41.5 Å². The monoisotopic (exact) mass is 462 g/mol. The van der Waals surface area contributed by atoms with Crippen LogP contribution in [0.4, 0.5) is 0 Å². The average molecular weight is 463 g/mol. The first-order valence-corrected chi connectivity index (χ1v) is 11.4. The van der Waals surface area contributed by atoms with Crippen LogP contribution in [0.5, 0.6) is 0 Å². The van der Waals surface area contributed by atoms with Gasteiger partial charge in [0.1, 0.15) is 11.3 Å². The molecule has 4 heterocycles. The van der Waals surface area contributed by atoms with Crippen LogP contribution in [0.1, 0.15) is 30.5 Å². The first-order valence-electron chi connectivity index (χ1n) is 11.0. The molecule has 0 amide bonds. The predicted octanol–water partition coefficient (Wildman–Crippen LogP) is 3.18. The van der Waals surface area contributed by atoms with Gasteiger partial charge in [-0.1, -0.05) is 22.9 Å². The number of rotatable bonds is 7. The number of nitrogens with zero attached hydrogens (tertiary/aromatic N) is 6. The van der Waals surface area contributed by atoms with Crippen molar-refractivity contribution >= 4 is 28.2 Å². The van der Waals surface area contributed by atoms with E-state index in [1.165, 1.54) is 0 Å². The van der Waals surface area contributed by atoms with E-state index in [9.17, 15) is 5.11 Å².